The number of fused-ring (bicyclic) bond motifs is 7. The summed E-state index contributed by atoms with van der Waals surface area (Å²) in [6.45, 7) is 6.05. The summed E-state index contributed by atoms with van der Waals surface area (Å²) in [5, 5.41) is 34.7. The molecule has 17 nitrogen and oxygen atoms in total. The van der Waals surface area contributed by atoms with Gasteiger partial charge in [0.15, 0.2) is 5.60 Å². The molecule has 56 heavy (non-hydrogen) atoms. The van der Waals surface area contributed by atoms with Crippen LogP contribution in [0.4, 0.5) is 0 Å². The Hall–Kier alpha value is -3.60. The fraction of sp³-hybridized carbons (Fsp3) is 0.744. The lowest BCUT2D eigenvalue weighted by Gasteiger charge is -2.66. The minimum Gasteiger partial charge on any atom is -0.469 e. The van der Waals surface area contributed by atoms with Crippen molar-refractivity contribution in [1.82, 2.24) is 0 Å². The van der Waals surface area contributed by atoms with E-state index in [9.17, 15) is 34.5 Å². The first-order valence-corrected chi connectivity index (χ1v) is 18.7. The largest absolute Gasteiger partial charge is 0.469 e. The summed E-state index contributed by atoms with van der Waals surface area (Å²) >= 11 is 0. The number of hydrogen-bond donors (Lipinski definition) is 3. The van der Waals surface area contributed by atoms with E-state index in [0.29, 0.717) is 0 Å². The van der Waals surface area contributed by atoms with E-state index in [1.807, 2.05) is 0 Å². The van der Waals surface area contributed by atoms with Gasteiger partial charge in [0.25, 0.3) is 5.79 Å². The molecule has 5 aliphatic heterocycles. The van der Waals surface area contributed by atoms with Crippen LogP contribution in [0.2, 0.25) is 0 Å². The van der Waals surface area contributed by atoms with E-state index in [0.717, 1.165) is 7.11 Å². The second kappa shape index (κ2) is 12.7. The van der Waals surface area contributed by atoms with E-state index in [2.05, 4.69) is 11.8 Å². The van der Waals surface area contributed by atoms with Gasteiger partial charge in [-0.1, -0.05) is 24.8 Å². The number of rotatable bonds is 8. The van der Waals surface area contributed by atoms with Crippen molar-refractivity contribution in [1.29, 1.82) is 0 Å². The Kier molecular flexibility index (Phi) is 8.90. The minimum atomic E-state index is -2.46. The number of hydrogen-bond acceptors (Lipinski definition) is 17. The Bertz CT molecular complexity index is 1850. The summed E-state index contributed by atoms with van der Waals surface area (Å²) in [6, 6.07) is 0. The van der Waals surface area contributed by atoms with Crippen LogP contribution in [0.15, 0.2) is 24.0 Å². The zero-order valence-corrected chi connectivity index (χ0v) is 32.2. The van der Waals surface area contributed by atoms with Crippen LogP contribution in [0, 0.1) is 45.8 Å². The quantitative estimate of drug-likeness (QED) is 0.0954. The van der Waals surface area contributed by atoms with Crippen LogP contribution >= 0.6 is 0 Å². The van der Waals surface area contributed by atoms with Gasteiger partial charge in [-0.05, 0) is 33.3 Å². The van der Waals surface area contributed by atoms with E-state index < -0.39 is 144 Å². The highest BCUT2D eigenvalue weighted by molar-refractivity contribution is 5.88. The zero-order valence-electron chi connectivity index (χ0n) is 32.2. The smallest absolute Gasteiger partial charge is 0.366 e. The van der Waals surface area contributed by atoms with Gasteiger partial charge in [0.1, 0.15) is 42.0 Å². The number of esters is 4. The molecule has 0 radical (unpaired) electrons. The van der Waals surface area contributed by atoms with Crippen molar-refractivity contribution in [2.75, 3.05) is 40.6 Å². The molecule has 3 N–H and O–H groups in total. The fourth-order valence-electron chi connectivity index (χ4n) is 12.6. The predicted octanol–water partition coefficient (Wildman–Crippen LogP) is -0.183. The maximum atomic E-state index is 14.6. The molecule has 5 heterocycles. The van der Waals surface area contributed by atoms with Gasteiger partial charge < -0.3 is 62.7 Å². The van der Waals surface area contributed by atoms with Gasteiger partial charge in [0.2, 0.25) is 6.29 Å². The molecule has 7 fully saturated rings. The highest BCUT2D eigenvalue weighted by Gasteiger charge is 2.97. The lowest BCUT2D eigenvalue weighted by molar-refractivity contribution is -0.319. The van der Waals surface area contributed by atoms with Crippen LogP contribution < -0.4 is 0 Å². The number of aliphatic hydroxyl groups excluding tert-OH is 2. The Morgan fingerprint density at radius 3 is 2.39 bits per heavy atom. The standard InChI is InChI=1S/C39H48O17/c1-8-19(2)28(43)54-22-16-23(53-20(3)41)36(30(44)47-6)17-50-25-26(36)35(22)18-52-38(31(45)48-7,51-13-10-9-12-40)29(35)33(4,27(25)42)39-24-15-21(34(39,5)56-39)37(46)11-14-49-32(37)55-24/h8,11,14,21-27,29,32,40,42,46H,12-13,15-18H2,1-7H3/b19-8+/t21-,22+,23-,24+,25-,26-,27-,29+,32+,33-,34+,35+,36+,37+,38+,39+/m1/s1. The van der Waals surface area contributed by atoms with E-state index in [-0.39, 0.29) is 18.4 Å². The third-order valence-electron chi connectivity index (χ3n) is 14.7. The number of aliphatic hydroxyl groups is 3. The second-order valence-electron chi connectivity index (χ2n) is 16.5. The van der Waals surface area contributed by atoms with Crippen molar-refractivity contribution < 1.29 is 81.9 Å². The first-order valence-electron chi connectivity index (χ1n) is 18.7. The Balaban J connectivity index is 1.42. The highest BCUT2D eigenvalue weighted by atomic mass is 16.7. The van der Waals surface area contributed by atoms with Gasteiger partial charge in [-0.3, -0.25) is 9.59 Å². The first-order chi connectivity index (χ1) is 26.5. The molecule has 16 atom stereocenters. The maximum Gasteiger partial charge on any atom is 0.366 e. The molecule has 2 bridgehead atoms. The SMILES string of the molecule is C/C=C(\C)C(=O)O[C@H]1C[C@@H](OC(C)=O)[C@@]2(C(=O)OC)CO[C@H]3[C@@H](O)[C@@](C)([C@]45O[C@@]4(C)[C@H]4C[C@@H]5O[C@@H]5OC=C[C@@]54O)[C@@H]4[C@@](OCC#CCO)(C(=O)OC)OC[C@@]14[C@@H]32. The van der Waals surface area contributed by atoms with Crippen LogP contribution in [0.25, 0.3) is 0 Å². The molecule has 4 saturated heterocycles. The summed E-state index contributed by atoms with van der Waals surface area (Å²) in [4.78, 5) is 55.7. The van der Waals surface area contributed by atoms with Crippen LogP contribution in [0.1, 0.15) is 47.5 Å². The van der Waals surface area contributed by atoms with E-state index in [1.165, 1.54) is 26.4 Å². The summed E-state index contributed by atoms with van der Waals surface area (Å²) in [7, 11) is 2.30. The zero-order chi connectivity index (χ0) is 40.4. The summed E-state index contributed by atoms with van der Waals surface area (Å²) in [5.41, 5.74) is -9.46. The number of ether oxygens (including phenoxy) is 10. The molecule has 306 valence electrons. The molecule has 0 aromatic carbocycles. The molecule has 0 amide bonds. The van der Waals surface area contributed by atoms with Gasteiger partial charge in [0, 0.05) is 47.5 Å². The third kappa shape index (κ3) is 4.39. The van der Waals surface area contributed by atoms with Crippen molar-refractivity contribution in [2.24, 2.45) is 34.0 Å². The average molecular weight is 789 g/mol. The minimum absolute atomic E-state index is 0.237. The molecule has 0 unspecified atom stereocenters. The summed E-state index contributed by atoms with van der Waals surface area (Å²) < 4.78 is 61.9. The lowest BCUT2D eigenvalue weighted by atomic mass is 9.37. The van der Waals surface area contributed by atoms with Gasteiger partial charge in [0.05, 0.1) is 52.0 Å². The number of epoxide rings is 1. The van der Waals surface area contributed by atoms with Crippen LogP contribution in [0.3, 0.4) is 0 Å². The Labute approximate surface area is 322 Å². The van der Waals surface area contributed by atoms with Crippen LogP contribution in [0.5, 0.6) is 0 Å². The monoisotopic (exact) mass is 788 g/mol. The molecule has 8 aliphatic rings. The number of carbonyl (C=O) groups is 4. The van der Waals surface area contributed by atoms with Gasteiger partial charge in [-0.2, -0.15) is 0 Å². The van der Waals surface area contributed by atoms with Crippen molar-refractivity contribution >= 4 is 23.9 Å². The van der Waals surface area contributed by atoms with Crippen LogP contribution in [-0.2, 0) is 66.5 Å². The number of carbonyl (C=O) groups excluding carboxylic acids is 4. The lowest BCUT2D eigenvalue weighted by Crippen LogP contribution is -2.79. The summed E-state index contributed by atoms with van der Waals surface area (Å²) in [6.07, 6.45) is -3.10. The third-order valence-corrected chi connectivity index (χ3v) is 14.7. The van der Waals surface area contributed by atoms with Crippen molar-refractivity contribution in [3.63, 3.8) is 0 Å². The first kappa shape index (κ1) is 39.2. The molecule has 1 spiro atoms. The maximum absolute atomic E-state index is 14.6. The van der Waals surface area contributed by atoms with Gasteiger partial charge in [-0.25, -0.2) is 9.59 Å². The predicted molar refractivity (Wildman–Crippen MR) is 183 cm³/mol. The molecule has 0 aromatic heterocycles. The Morgan fingerprint density at radius 1 is 1.00 bits per heavy atom. The molecule has 8 rings (SSSR count). The van der Waals surface area contributed by atoms with Crippen molar-refractivity contribution in [2.45, 2.75) is 107 Å². The van der Waals surface area contributed by atoms with Gasteiger partial charge >= 0.3 is 23.9 Å². The van der Waals surface area contributed by atoms with E-state index >= 15 is 0 Å². The van der Waals surface area contributed by atoms with Crippen LogP contribution in [-0.4, -0.2) is 139 Å². The van der Waals surface area contributed by atoms with E-state index in [4.69, 9.17) is 47.4 Å². The topological polar surface area (TPSA) is 225 Å². The average Bonchev–Trinajstić information content (AvgIpc) is 3.57. The van der Waals surface area contributed by atoms with E-state index in [1.54, 1.807) is 33.8 Å². The molecular formula is C39H48O17. The molecule has 17 heteroatoms. The normalized spacial score (nSPS) is 49.9. The molecule has 3 aliphatic carbocycles. The number of methoxy groups -OCH3 is 2. The molecule has 3 saturated carbocycles. The summed E-state index contributed by atoms with van der Waals surface area (Å²) in [5.74, 6) is -3.96. The second-order valence-corrected chi connectivity index (χ2v) is 16.5. The Morgan fingerprint density at radius 2 is 1.73 bits per heavy atom. The molecule has 0 aromatic rings. The van der Waals surface area contributed by atoms with Gasteiger partial charge in [-0.15, -0.1) is 0 Å². The van der Waals surface area contributed by atoms with Crippen molar-refractivity contribution in [3.8, 4) is 11.8 Å². The van der Waals surface area contributed by atoms with Crippen molar-refractivity contribution in [3.05, 3.63) is 24.0 Å². The number of allylic oxidation sites excluding steroid dienone is 1. The fourth-order valence-corrected chi connectivity index (χ4v) is 12.6. The molecular weight excluding hydrogens is 740 g/mol. The highest BCUT2D eigenvalue weighted by Crippen LogP contribution is 2.83.